The Hall–Kier alpha value is -1.45. The summed E-state index contributed by atoms with van der Waals surface area (Å²) in [5.74, 6) is -3.95. The number of rotatable bonds is 4. The van der Waals surface area contributed by atoms with Crippen LogP contribution in [0.25, 0.3) is 0 Å². The van der Waals surface area contributed by atoms with Crippen molar-refractivity contribution in [2.24, 2.45) is 5.41 Å². The Morgan fingerprint density at radius 3 is 2.24 bits per heavy atom. The van der Waals surface area contributed by atoms with Gasteiger partial charge in [0.25, 0.3) is 5.92 Å². The molecule has 0 radical (unpaired) electrons. The maximum Gasteiger partial charge on any atom is 0.309 e. The van der Waals surface area contributed by atoms with E-state index in [4.69, 9.17) is 5.11 Å². The molecule has 0 spiro atoms. The number of halogens is 2. The van der Waals surface area contributed by atoms with Crippen molar-refractivity contribution >= 4 is 5.97 Å². The van der Waals surface area contributed by atoms with E-state index in [1.54, 1.807) is 12.1 Å². The van der Waals surface area contributed by atoms with Gasteiger partial charge < -0.3 is 5.11 Å². The van der Waals surface area contributed by atoms with Crippen LogP contribution in [0.2, 0.25) is 0 Å². The molecule has 0 aliphatic carbocycles. The summed E-state index contributed by atoms with van der Waals surface area (Å²) in [5, 5.41) is 9.01. The van der Waals surface area contributed by atoms with Gasteiger partial charge in [0, 0.05) is 12.5 Å². The minimum Gasteiger partial charge on any atom is -0.481 e. The summed E-state index contributed by atoms with van der Waals surface area (Å²) < 4.78 is 26.7. The highest BCUT2D eigenvalue weighted by atomic mass is 19.3. The van der Waals surface area contributed by atoms with Gasteiger partial charge in [-0.2, -0.15) is 0 Å². The van der Waals surface area contributed by atoms with Crippen LogP contribution in [0.1, 0.15) is 31.9 Å². The summed E-state index contributed by atoms with van der Waals surface area (Å²) in [6.45, 7) is 3.87. The van der Waals surface area contributed by atoms with Crippen LogP contribution in [0, 0.1) is 5.41 Å². The predicted octanol–water partition coefficient (Wildman–Crippen LogP) is 3.45. The third kappa shape index (κ3) is 3.25. The summed E-state index contributed by atoms with van der Waals surface area (Å²) in [6.07, 6.45) is 0.0853. The van der Waals surface area contributed by atoms with Crippen molar-refractivity contribution in [1.29, 1.82) is 0 Å². The zero-order valence-corrected chi connectivity index (χ0v) is 10.1. The molecule has 0 bridgehead atoms. The van der Waals surface area contributed by atoms with Crippen molar-refractivity contribution in [2.75, 3.05) is 0 Å². The van der Waals surface area contributed by atoms with Crippen LogP contribution in [0.15, 0.2) is 24.3 Å². The second-order valence-electron chi connectivity index (χ2n) is 4.91. The Kier molecular flexibility index (Phi) is 3.55. The van der Waals surface area contributed by atoms with Crippen molar-refractivity contribution in [3.8, 4) is 0 Å². The quantitative estimate of drug-likeness (QED) is 0.878. The maximum absolute atomic E-state index is 13.3. The van der Waals surface area contributed by atoms with Crippen LogP contribution in [0.5, 0.6) is 0 Å². The fraction of sp³-hybridized carbons (Fsp3) is 0.462. The zero-order chi connectivity index (χ0) is 13.3. The number of carboxylic acids is 1. The average Bonchev–Trinajstić information content (AvgIpc) is 2.15. The Labute approximate surface area is 99.3 Å². The van der Waals surface area contributed by atoms with Gasteiger partial charge in [-0.3, -0.25) is 4.79 Å². The van der Waals surface area contributed by atoms with Gasteiger partial charge in [0.1, 0.15) is 0 Å². The van der Waals surface area contributed by atoms with E-state index in [9.17, 15) is 13.6 Å². The number of hydrogen-bond acceptors (Lipinski definition) is 1. The van der Waals surface area contributed by atoms with Gasteiger partial charge in [0.15, 0.2) is 0 Å². The molecule has 1 aromatic carbocycles. The van der Waals surface area contributed by atoms with E-state index in [1.807, 2.05) is 0 Å². The highest BCUT2D eigenvalue weighted by molar-refractivity contribution is 5.74. The number of aliphatic carboxylic acids is 1. The van der Waals surface area contributed by atoms with Crippen molar-refractivity contribution in [1.82, 2.24) is 0 Å². The Morgan fingerprint density at radius 1 is 1.24 bits per heavy atom. The Balaban J connectivity index is 3.12. The lowest BCUT2D eigenvalue weighted by molar-refractivity contribution is -0.146. The van der Waals surface area contributed by atoms with Gasteiger partial charge >= 0.3 is 5.97 Å². The molecule has 1 N–H and O–H groups in total. The lowest BCUT2D eigenvalue weighted by atomic mass is 9.83. The monoisotopic (exact) mass is 242 g/mol. The number of carbonyl (C=O) groups is 1. The molecule has 0 heterocycles. The average molecular weight is 242 g/mol. The van der Waals surface area contributed by atoms with Crippen molar-refractivity contribution < 1.29 is 18.7 Å². The first-order valence-electron chi connectivity index (χ1n) is 5.34. The van der Waals surface area contributed by atoms with E-state index in [0.717, 1.165) is 6.92 Å². The summed E-state index contributed by atoms with van der Waals surface area (Å²) in [6, 6.07) is 6.07. The molecular formula is C13H16F2O2. The first-order chi connectivity index (χ1) is 7.64. The molecule has 0 atom stereocenters. The highest BCUT2D eigenvalue weighted by Crippen LogP contribution is 2.33. The minimum atomic E-state index is -2.95. The number of alkyl halides is 2. The Bertz CT molecular complexity index is 420. The topological polar surface area (TPSA) is 37.3 Å². The SMILES string of the molecule is CC(C)(Cc1ccccc1C(C)(F)F)C(=O)O. The summed E-state index contributed by atoms with van der Waals surface area (Å²) in [7, 11) is 0. The number of hydrogen-bond donors (Lipinski definition) is 1. The highest BCUT2D eigenvalue weighted by Gasteiger charge is 2.32. The first-order valence-corrected chi connectivity index (χ1v) is 5.34. The lowest BCUT2D eigenvalue weighted by Gasteiger charge is -2.22. The van der Waals surface area contributed by atoms with E-state index in [1.165, 1.54) is 26.0 Å². The zero-order valence-electron chi connectivity index (χ0n) is 10.1. The van der Waals surface area contributed by atoms with Crippen LogP contribution in [-0.4, -0.2) is 11.1 Å². The summed E-state index contributed by atoms with van der Waals surface area (Å²) in [5.41, 5.74) is -0.775. The largest absolute Gasteiger partial charge is 0.481 e. The minimum absolute atomic E-state index is 0.0853. The normalized spacial score (nSPS) is 12.5. The molecule has 0 aliphatic rings. The van der Waals surface area contributed by atoms with Crippen LogP contribution >= 0.6 is 0 Å². The first kappa shape index (κ1) is 13.6. The van der Waals surface area contributed by atoms with Crippen molar-refractivity contribution in [3.63, 3.8) is 0 Å². The third-order valence-electron chi connectivity index (χ3n) is 2.70. The number of carboxylic acid groups (broad SMARTS) is 1. The second kappa shape index (κ2) is 4.43. The molecule has 0 amide bonds. The lowest BCUT2D eigenvalue weighted by Crippen LogP contribution is -2.27. The maximum atomic E-state index is 13.3. The van der Waals surface area contributed by atoms with Gasteiger partial charge in [-0.1, -0.05) is 24.3 Å². The van der Waals surface area contributed by atoms with Crippen LogP contribution in [0.4, 0.5) is 8.78 Å². The van der Waals surface area contributed by atoms with Crippen molar-refractivity contribution in [2.45, 2.75) is 33.1 Å². The molecule has 0 unspecified atom stereocenters. The Morgan fingerprint density at radius 2 is 1.76 bits per heavy atom. The molecule has 4 heteroatoms. The molecule has 0 saturated carbocycles. The molecule has 1 aromatic rings. The van der Waals surface area contributed by atoms with Gasteiger partial charge in [-0.15, -0.1) is 0 Å². The predicted molar refractivity (Wildman–Crippen MR) is 61.1 cm³/mol. The van der Waals surface area contributed by atoms with E-state index < -0.39 is 17.3 Å². The van der Waals surface area contributed by atoms with Crippen molar-refractivity contribution in [3.05, 3.63) is 35.4 Å². The summed E-state index contributed by atoms with van der Waals surface area (Å²) >= 11 is 0. The van der Waals surface area contributed by atoms with Gasteiger partial charge in [-0.25, -0.2) is 8.78 Å². The van der Waals surface area contributed by atoms with E-state index in [0.29, 0.717) is 5.56 Å². The van der Waals surface area contributed by atoms with E-state index in [2.05, 4.69) is 0 Å². The molecule has 0 aromatic heterocycles. The van der Waals surface area contributed by atoms with Crippen LogP contribution in [-0.2, 0) is 17.1 Å². The molecule has 1 rings (SSSR count). The fourth-order valence-electron chi connectivity index (χ4n) is 1.65. The standard InChI is InChI=1S/C13H16F2O2/c1-12(2,11(16)17)8-9-6-4-5-7-10(9)13(3,14)15/h4-7H,8H2,1-3H3,(H,16,17). The van der Waals surface area contributed by atoms with Crippen LogP contribution in [0.3, 0.4) is 0 Å². The van der Waals surface area contributed by atoms with Gasteiger partial charge in [0.2, 0.25) is 0 Å². The molecular weight excluding hydrogens is 226 g/mol. The molecule has 0 saturated heterocycles. The second-order valence-corrected chi connectivity index (χ2v) is 4.91. The molecule has 0 fully saturated rings. The van der Waals surface area contributed by atoms with Gasteiger partial charge in [0.05, 0.1) is 5.41 Å². The summed E-state index contributed by atoms with van der Waals surface area (Å²) in [4.78, 5) is 11.0. The van der Waals surface area contributed by atoms with E-state index in [-0.39, 0.29) is 12.0 Å². The van der Waals surface area contributed by atoms with Crippen LogP contribution < -0.4 is 0 Å². The molecule has 0 aliphatic heterocycles. The smallest absolute Gasteiger partial charge is 0.309 e. The third-order valence-corrected chi connectivity index (χ3v) is 2.70. The number of benzene rings is 1. The van der Waals surface area contributed by atoms with Gasteiger partial charge in [-0.05, 0) is 25.8 Å². The molecule has 2 nitrogen and oxygen atoms in total. The van der Waals surface area contributed by atoms with E-state index >= 15 is 0 Å². The molecule has 17 heavy (non-hydrogen) atoms. The fourth-order valence-corrected chi connectivity index (χ4v) is 1.65. The molecule has 94 valence electrons.